The molecular weight excluding hydrogens is 447 g/mol. The first-order chi connectivity index (χ1) is 13.6. The molecule has 29 heavy (non-hydrogen) atoms. The van der Waals surface area contributed by atoms with Gasteiger partial charge in [-0.1, -0.05) is 41.4 Å². The number of aliphatic hydroxyl groups is 1. The second-order valence-electron chi connectivity index (χ2n) is 6.53. The van der Waals surface area contributed by atoms with Gasteiger partial charge in [-0.2, -0.15) is 0 Å². The average Bonchev–Trinajstić information content (AvgIpc) is 3.02. The lowest BCUT2D eigenvalue weighted by atomic mass is 10.1. The number of ether oxygens (including phenoxy) is 3. The van der Waals surface area contributed by atoms with Crippen LogP contribution >= 0.6 is 34.8 Å². The smallest absolute Gasteiger partial charge is 0.416 e. The number of hydrogen-bond acceptors (Lipinski definition) is 6. The van der Waals surface area contributed by atoms with Crippen molar-refractivity contribution in [2.75, 3.05) is 32.3 Å². The van der Waals surface area contributed by atoms with E-state index in [1.54, 1.807) is 0 Å². The molecule has 158 valence electrons. The van der Waals surface area contributed by atoms with E-state index < -0.39 is 28.8 Å². The number of aliphatic hydroxyl groups excluding tert-OH is 1. The third-order valence-corrected chi connectivity index (χ3v) is 5.11. The van der Waals surface area contributed by atoms with Crippen LogP contribution in [0, 0.1) is 0 Å². The first-order valence-corrected chi connectivity index (χ1v) is 9.68. The number of benzene rings is 1. The molecule has 2 amide bonds. The number of halogens is 3. The number of carbonyl (C=O) groups excluding carboxylic acids is 2. The van der Waals surface area contributed by atoms with E-state index in [0.29, 0.717) is 24.3 Å². The molecule has 0 aliphatic carbocycles. The molecule has 1 unspecified atom stereocenters. The zero-order valence-corrected chi connectivity index (χ0v) is 17.9. The van der Waals surface area contributed by atoms with E-state index >= 15 is 0 Å². The summed E-state index contributed by atoms with van der Waals surface area (Å²) < 4.78 is 13.8. The van der Waals surface area contributed by atoms with Crippen molar-refractivity contribution in [3.63, 3.8) is 0 Å². The number of fused-ring (bicyclic) bond motifs is 2. The minimum Gasteiger partial charge on any atom is -0.493 e. The van der Waals surface area contributed by atoms with Crippen molar-refractivity contribution in [1.82, 2.24) is 4.90 Å². The Bertz CT molecular complexity index is 857. The molecule has 3 rings (SSSR count). The van der Waals surface area contributed by atoms with Gasteiger partial charge in [-0.15, -0.1) is 0 Å². The third-order valence-electron chi connectivity index (χ3n) is 4.78. The van der Waals surface area contributed by atoms with Crippen molar-refractivity contribution in [3.8, 4) is 11.5 Å². The average molecular weight is 466 g/mol. The van der Waals surface area contributed by atoms with Gasteiger partial charge in [-0.25, -0.2) is 9.69 Å². The number of nitrogens with zero attached hydrogens (tertiary/aromatic N) is 2. The van der Waals surface area contributed by atoms with Crippen molar-refractivity contribution >= 4 is 52.5 Å². The summed E-state index contributed by atoms with van der Waals surface area (Å²) in [6, 6.07) is 2.05. The number of anilines is 1. The molecule has 1 aromatic carbocycles. The summed E-state index contributed by atoms with van der Waals surface area (Å²) in [5.74, 6) is 0.159. The molecule has 11 heteroatoms. The Morgan fingerprint density at radius 1 is 1.28 bits per heavy atom. The molecule has 0 radical (unpaired) electrons. The predicted molar refractivity (Wildman–Crippen MR) is 108 cm³/mol. The lowest BCUT2D eigenvalue weighted by Gasteiger charge is -2.32. The fourth-order valence-corrected chi connectivity index (χ4v) is 3.63. The normalized spacial score (nSPS) is 21.4. The molecule has 2 aliphatic heterocycles. The molecular formula is C18H19Cl3N2O6. The van der Waals surface area contributed by atoms with E-state index in [0.717, 1.165) is 4.90 Å². The van der Waals surface area contributed by atoms with Crippen molar-refractivity contribution < 1.29 is 28.9 Å². The Morgan fingerprint density at radius 3 is 2.48 bits per heavy atom. The Hall–Kier alpha value is -1.87. The largest absolute Gasteiger partial charge is 0.493 e. The van der Waals surface area contributed by atoms with Crippen LogP contribution in [0.5, 0.6) is 11.5 Å². The van der Waals surface area contributed by atoms with Crippen LogP contribution in [-0.2, 0) is 4.74 Å². The molecule has 2 aliphatic rings. The molecule has 0 aromatic heterocycles. The molecule has 8 nitrogen and oxygen atoms in total. The summed E-state index contributed by atoms with van der Waals surface area (Å²) in [5.41, 5.74) is 0.818. The van der Waals surface area contributed by atoms with Crippen LogP contribution < -0.4 is 14.4 Å². The quantitative estimate of drug-likeness (QED) is 0.545. The highest BCUT2D eigenvalue weighted by Gasteiger charge is 2.47. The Morgan fingerprint density at radius 2 is 1.90 bits per heavy atom. The van der Waals surface area contributed by atoms with Crippen LogP contribution in [0.3, 0.4) is 0 Å². The Labute approximate surface area is 182 Å². The second kappa shape index (κ2) is 8.10. The van der Waals surface area contributed by atoms with Crippen molar-refractivity contribution in [3.05, 3.63) is 29.8 Å². The molecule has 0 saturated carbocycles. The number of carbonyl (C=O) groups is 2. The fourth-order valence-electron chi connectivity index (χ4n) is 3.47. The molecule has 0 bridgehead atoms. The first-order valence-electron chi connectivity index (χ1n) is 8.54. The lowest BCUT2D eigenvalue weighted by molar-refractivity contribution is 0.0548. The molecule has 1 aromatic rings. The van der Waals surface area contributed by atoms with Gasteiger partial charge in [-0.3, -0.25) is 4.79 Å². The molecule has 2 heterocycles. The van der Waals surface area contributed by atoms with Crippen LogP contribution in [0.2, 0.25) is 0 Å². The minimum absolute atomic E-state index is 0.0802. The number of alkyl halides is 3. The monoisotopic (exact) mass is 464 g/mol. The van der Waals surface area contributed by atoms with E-state index in [1.807, 2.05) is 0 Å². The number of hydrogen-bond donors (Lipinski definition) is 1. The summed E-state index contributed by atoms with van der Waals surface area (Å²) in [7, 11) is 2.83. The van der Waals surface area contributed by atoms with Gasteiger partial charge >= 0.3 is 6.09 Å². The summed E-state index contributed by atoms with van der Waals surface area (Å²) in [6.45, 7) is 3.73. The predicted octanol–water partition coefficient (Wildman–Crippen LogP) is 3.12. The molecule has 1 N–H and O–H groups in total. The fraction of sp³-hybridized carbons (Fsp3) is 0.444. The highest BCUT2D eigenvalue weighted by Crippen LogP contribution is 2.42. The van der Waals surface area contributed by atoms with Crippen LogP contribution in [0.25, 0.3) is 0 Å². The lowest BCUT2D eigenvalue weighted by Crippen LogP contribution is -2.51. The molecule has 2 atom stereocenters. The van der Waals surface area contributed by atoms with Gasteiger partial charge in [0.25, 0.3) is 5.91 Å². The van der Waals surface area contributed by atoms with Crippen LogP contribution in [0.4, 0.5) is 10.5 Å². The van der Waals surface area contributed by atoms with Crippen molar-refractivity contribution in [2.45, 2.75) is 22.5 Å². The highest BCUT2D eigenvalue weighted by molar-refractivity contribution is 6.67. The second-order valence-corrected chi connectivity index (χ2v) is 9.05. The minimum atomic E-state index is -1.84. The SMILES string of the molecule is C=C1CCN2C(=O)c3cc(OC)c(OC)cc3N(C(=O)OCC(Cl)(Cl)Cl)C(O)[C@H]12. The van der Waals surface area contributed by atoms with Gasteiger partial charge in [0.05, 0.1) is 31.5 Å². The van der Waals surface area contributed by atoms with Crippen molar-refractivity contribution in [2.24, 2.45) is 0 Å². The van der Waals surface area contributed by atoms with Gasteiger partial charge < -0.3 is 24.2 Å². The third kappa shape index (κ3) is 4.07. The van der Waals surface area contributed by atoms with E-state index in [1.165, 1.54) is 31.3 Å². The van der Waals surface area contributed by atoms with E-state index in [9.17, 15) is 14.7 Å². The summed E-state index contributed by atoms with van der Waals surface area (Å²) in [6.07, 6.45) is -1.96. The number of amides is 2. The van der Waals surface area contributed by atoms with Crippen LogP contribution in [0.15, 0.2) is 24.3 Å². The number of methoxy groups -OCH3 is 2. The summed E-state index contributed by atoms with van der Waals surface area (Å²) >= 11 is 17.0. The standard InChI is InChI=1S/C18H19Cl3N2O6/c1-9-4-5-22-14(9)16(25)23(17(26)29-8-18(19,20)21)11-7-13(28-3)12(27-2)6-10(11)15(22)24/h6-7,14,16,25H,1,4-5,8H2,2-3H3/t14-,16?/m0/s1. The van der Waals surface area contributed by atoms with Crippen LogP contribution in [0.1, 0.15) is 16.8 Å². The Balaban J connectivity index is 2.14. The van der Waals surface area contributed by atoms with E-state index in [4.69, 9.17) is 49.0 Å². The van der Waals surface area contributed by atoms with Gasteiger partial charge in [0.2, 0.25) is 3.79 Å². The highest BCUT2D eigenvalue weighted by atomic mass is 35.6. The summed E-state index contributed by atoms with van der Waals surface area (Å²) in [4.78, 5) is 28.5. The summed E-state index contributed by atoms with van der Waals surface area (Å²) in [5, 5.41) is 11.0. The van der Waals surface area contributed by atoms with E-state index in [2.05, 4.69) is 6.58 Å². The maximum absolute atomic E-state index is 13.2. The van der Waals surface area contributed by atoms with Crippen molar-refractivity contribution in [1.29, 1.82) is 0 Å². The maximum atomic E-state index is 13.2. The molecule has 1 fully saturated rings. The number of rotatable bonds is 3. The zero-order valence-electron chi connectivity index (χ0n) is 15.7. The van der Waals surface area contributed by atoms with Gasteiger partial charge in [-0.05, 0) is 18.1 Å². The molecule has 0 spiro atoms. The molecule has 1 saturated heterocycles. The van der Waals surface area contributed by atoms with Gasteiger partial charge in [0.15, 0.2) is 17.7 Å². The topological polar surface area (TPSA) is 88.5 Å². The zero-order chi connectivity index (χ0) is 21.5. The van der Waals surface area contributed by atoms with E-state index in [-0.39, 0.29) is 22.9 Å². The maximum Gasteiger partial charge on any atom is 0.416 e. The first kappa shape index (κ1) is 21.8. The van der Waals surface area contributed by atoms with Gasteiger partial charge in [0, 0.05) is 12.6 Å². The van der Waals surface area contributed by atoms with Gasteiger partial charge in [0.1, 0.15) is 6.61 Å². The van der Waals surface area contributed by atoms with Crippen LogP contribution in [-0.4, -0.2) is 65.4 Å². The Kier molecular flexibility index (Phi) is 6.10.